The molecule has 32 heavy (non-hydrogen) atoms. The molecule has 4 aromatic rings. The zero-order chi connectivity index (χ0) is 22.9. The van der Waals surface area contributed by atoms with Crippen LogP contribution in [-0.4, -0.2) is 30.9 Å². The van der Waals surface area contributed by atoms with Crippen molar-refractivity contribution in [2.45, 2.75) is 20.0 Å². The summed E-state index contributed by atoms with van der Waals surface area (Å²) >= 11 is 0. The zero-order valence-electron chi connectivity index (χ0n) is 17.1. The molecule has 0 radical (unpaired) electrons. The number of aromatic nitrogens is 5. The number of pyridine rings is 2. The molecule has 0 spiro atoms. The third kappa shape index (κ3) is 4.20. The normalized spacial score (nSPS) is 11.4. The number of hydrogen-bond donors (Lipinski definition) is 1. The van der Waals surface area contributed by atoms with Crippen molar-refractivity contribution in [2.24, 2.45) is 0 Å². The van der Waals surface area contributed by atoms with Gasteiger partial charge in [-0.1, -0.05) is 12.1 Å². The van der Waals surface area contributed by atoms with Crippen LogP contribution >= 0.6 is 0 Å². The van der Waals surface area contributed by atoms with Crippen molar-refractivity contribution < 1.29 is 18.0 Å². The van der Waals surface area contributed by atoms with Gasteiger partial charge in [-0.15, -0.1) is 4.80 Å². The zero-order valence-corrected chi connectivity index (χ0v) is 17.1. The fraction of sp³-hybridized carbons (Fsp3) is 0.136. The summed E-state index contributed by atoms with van der Waals surface area (Å²) in [5, 5.41) is 9.89. The smallest absolute Gasteiger partial charge is 0.321 e. The molecule has 10 heteroatoms. The molecular weight excluding hydrogens is 421 g/mol. The highest BCUT2D eigenvalue weighted by atomic mass is 19.4. The summed E-state index contributed by atoms with van der Waals surface area (Å²) < 4.78 is 40.7. The Balaban J connectivity index is 1.62. The fourth-order valence-corrected chi connectivity index (χ4v) is 3.27. The molecule has 4 rings (SSSR count). The first-order valence-electron chi connectivity index (χ1n) is 9.51. The van der Waals surface area contributed by atoms with Crippen molar-refractivity contribution in [1.82, 2.24) is 25.0 Å². The number of benzene rings is 1. The first kappa shape index (κ1) is 21.2. The minimum absolute atomic E-state index is 0.0928. The molecule has 0 unspecified atom stereocenters. The molecule has 0 aliphatic rings. The second kappa shape index (κ2) is 8.22. The Hall–Kier alpha value is -4.08. The summed E-state index contributed by atoms with van der Waals surface area (Å²) in [6, 6.07) is 7.94. The van der Waals surface area contributed by atoms with Crippen LogP contribution in [0.1, 0.15) is 27.0 Å². The van der Waals surface area contributed by atoms with E-state index in [0.29, 0.717) is 11.1 Å². The van der Waals surface area contributed by atoms with Crippen molar-refractivity contribution in [3.05, 3.63) is 83.6 Å². The van der Waals surface area contributed by atoms with Gasteiger partial charge in [-0.05, 0) is 48.7 Å². The van der Waals surface area contributed by atoms with Crippen LogP contribution in [-0.2, 0) is 6.18 Å². The number of nitrogens with zero attached hydrogens (tertiary/aromatic N) is 5. The molecule has 1 amide bonds. The molecular formula is C22H17F3N6O. The van der Waals surface area contributed by atoms with E-state index in [9.17, 15) is 18.0 Å². The number of alkyl halides is 3. The Kier molecular flexibility index (Phi) is 5.43. The summed E-state index contributed by atoms with van der Waals surface area (Å²) in [7, 11) is 0. The highest BCUT2D eigenvalue weighted by molar-refractivity contribution is 6.05. The molecule has 3 aromatic heterocycles. The van der Waals surface area contributed by atoms with Crippen LogP contribution in [0.4, 0.5) is 18.9 Å². The Morgan fingerprint density at radius 1 is 0.969 bits per heavy atom. The molecule has 0 bridgehead atoms. The lowest BCUT2D eigenvalue weighted by atomic mass is 9.98. The van der Waals surface area contributed by atoms with Gasteiger partial charge < -0.3 is 5.32 Å². The van der Waals surface area contributed by atoms with Gasteiger partial charge in [0.1, 0.15) is 5.56 Å². The van der Waals surface area contributed by atoms with Crippen LogP contribution in [0.5, 0.6) is 0 Å². The minimum Gasteiger partial charge on any atom is -0.321 e. The Labute approximate surface area is 181 Å². The van der Waals surface area contributed by atoms with E-state index < -0.39 is 23.5 Å². The van der Waals surface area contributed by atoms with E-state index in [1.807, 2.05) is 19.1 Å². The Morgan fingerprint density at radius 3 is 2.38 bits per heavy atom. The Bertz CT molecular complexity index is 1290. The number of halogens is 3. The third-order valence-electron chi connectivity index (χ3n) is 4.86. The van der Waals surface area contributed by atoms with Crippen molar-refractivity contribution in [2.75, 3.05) is 5.32 Å². The van der Waals surface area contributed by atoms with E-state index in [1.54, 1.807) is 31.5 Å². The van der Waals surface area contributed by atoms with E-state index in [-0.39, 0.29) is 5.69 Å². The minimum atomic E-state index is -4.71. The highest BCUT2D eigenvalue weighted by Crippen LogP contribution is 2.34. The number of carbonyl (C=O) groups excluding carboxylic acids is 1. The van der Waals surface area contributed by atoms with Gasteiger partial charge in [0.15, 0.2) is 5.82 Å². The van der Waals surface area contributed by atoms with Gasteiger partial charge in [0, 0.05) is 23.5 Å². The first-order chi connectivity index (χ1) is 15.2. The van der Waals surface area contributed by atoms with Crippen molar-refractivity contribution in [3.63, 3.8) is 0 Å². The maximum absolute atomic E-state index is 13.6. The molecule has 0 atom stereocenters. The fourth-order valence-electron chi connectivity index (χ4n) is 3.27. The molecule has 1 N–H and O–H groups in total. The van der Waals surface area contributed by atoms with Crippen LogP contribution in [0.25, 0.3) is 16.9 Å². The summed E-state index contributed by atoms with van der Waals surface area (Å²) in [5.41, 5.74) is 2.71. The van der Waals surface area contributed by atoms with Crippen LogP contribution < -0.4 is 5.32 Å². The van der Waals surface area contributed by atoms with E-state index in [1.165, 1.54) is 12.4 Å². The SMILES string of the molecule is Cc1cc(-c2cnccc2C)ccc1C(=O)Nc1cnc(-n2nccn2)c(C(F)(F)F)c1. The van der Waals surface area contributed by atoms with Gasteiger partial charge in [-0.2, -0.15) is 23.4 Å². The quantitative estimate of drug-likeness (QED) is 0.503. The third-order valence-corrected chi connectivity index (χ3v) is 4.86. The molecule has 0 fully saturated rings. The number of nitrogens with one attached hydrogen (secondary N) is 1. The molecule has 162 valence electrons. The standard InChI is InChI=1S/C22H17F3N6O/c1-13-5-6-26-12-18(13)15-3-4-17(14(2)9-15)21(32)30-16-10-19(22(23,24)25)20(27-11-16)31-28-7-8-29-31/h3-12H,1-2H3,(H,30,32). The molecule has 3 heterocycles. The topological polar surface area (TPSA) is 85.6 Å². The number of anilines is 1. The number of aryl methyl sites for hydroxylation is 2. The van der Waals surface area contributed by atoms with Gasteiger partial charge >= 0.3 is 6.18 Å². The van der Waals surface area contributed by atoms with E-state index in [0.717, 1.165) is 33.8 Å². The van der Waals surface area contributed by atoms with Crippen LogP contribution in [0.2, 0.25) is 0 Å². The van der Waals surface area contributed by atoms with E-state index in [4.69, 9.17) is 0 Å². The molecule has 0 saturated carbocycles. The summed E-state index contributed by atoms with van der Waals surface area (Å²) in [6.07, 6.45) is 2.35. The average Bonchev–Trinajstić information content (AvgIpc) is 3.28. The van der Waals surface area contributed by atoms with E-state index in [2.05, 4.69) is 25.5 Å². The van der Waals surface area contributed by atoms with Crippen molar-refractivity contribution in [1.29, 1.82) is 0 Å². The number of amides is 1. The molecule has 0 aliphatic carbocycles. The van der Waals surface area contributed by atoms with Gasteiger partial charge in [-0.25, -0.2) is 4.98 Å². The summed E-state index contributed by atoms with van der Waals surface area (Å²) in [6.45, 7) is 3.72. The second-order valence-corrected chi connectivity index (χ2v) is 7.09. The second-order valence-electron chi connectivity index (χ2n) is 7.09. The van der Waals surface area contributed by atoms with Crippen LogP contribution in [0.15, 0.2) is 61.3 Å². The predicted molar refractivity (Wildman–Crippen MR) is 111 cm³/mol. The van der Waals surface area contributed by atoms with Crippen molar-refractivity contribution in [3.8, 4) is 16.9 Å². The van der Waals surface area contributed by atoms with Gasteiger partial charge in [0.25, 0.3) is 5.91 Å². The lowest BCUT2D eigenvalue weighted by molar-refractivity contribution is -0.137. The summed E-state index contributed by atoms with van der Waals surface area (Å²) in [4.78, 5) is 21.5. The molecule has 0 saturated heterocycles. The van der Waals surface area contributed by atoms with E-state index >= 15 is 0 Å². The number of carbonyl (C=O) groups is 1. The molecule has 1 aromatic carbocycles. The van der Waals surface area contributed by atoms with Crippen LogP contribution in [0.3, 0.4) is 0 Å². The largest absolute Gasteiger partial charge is 0.420 e. The summed E-state index contributed by atoms with van der Waals surface area (Å²) in [5.74, 6) is -1.02. The number of hydrogen-bond acceptors (Lipinski definition) is 5. The Morgan fingerprint density at radius 2 is 1.72 bits per heavy atom. The lowest BCUT2D eigenvalue weighted by Gasteiger charge is -2.14. The highest BCUT2D eigenvalue weighted by Gasteiger charge is 2.36. The maximum Gasteiger partial charge on any atom is 0.420 e. The molecule has 0 aliphatic heterocycles. The maximum atomic E-state index is 13.6. The number of rotatable bonds is 4. The monoisotopic (exact) mass is 438 g/mol. The van der Waals surface area contributed by atoms with Gasteiger partial charge in [0.2, 0.25) is 0 Å². The predicted octanol–water partition coefficient (Wildman–Crippen LogP) is 4.61. The van der Waals surface area contributed by atoms with Gasteiger partial charge in [-0.3, -0.25) is 9.78 Å². The molecule has 7 nitrogen and oxygen atoms in total. The van der Waals surface area contributed by atoms with Gasteiger partial charge in [0.05, 0.1) is 24.3 Å². The van der Waals surface area contributed by atoms with Crippen LogP contribution in [0, 0.1) is 13.8 Å². The lowest BCUT2D eigenvalue weighted by Crippen LogP contribution is -2.17. The van der Waals surface area contributed by atoms with Crippen molar-refractivity contribution >= 4 is 11.6 Å². The first-order valence-corrected chi connectivity index (χ1v) is 9.51. The average molecular weight is 438 g/mol.